The minimum Gasteiger partial charge on any atom is -0.381 e. The highest BCUT2D eigenvalue weighted by Crippen LogP contribution is 1.97. The highest BCUT2D eigenvalue weighted by Gasteiger charge is 1.93. The van der Waals surface area contributed by atoms with Crippen LogP contribution in [-0.4, -0.2) is 29.3 Å². The second-order valence-electron chi connectivity index (χ2n) is 4.78. The quantitative estimate of drug-likeness (QED) is 0.676. The summed E-state index contributed by atoms with van der Waals surface area (Å²) >= 11 is 0. The normalized spacial score (nSPS) is 10.8. The lowest BCUT2D eigenvalue weighted by Crippen LogP contribution is -2.16. The van der Waals surface area contributed by atoms with Crippen LogP contribution in [0.3, 0.4) is 0 Å². The average molecular weight is 273 g/mol. The molecule has 1 aromatic carbocycles. The molecule has 1 aromatic heterocycles. The van der Waals surface area contributed by atoms with Gasteiger partial charge in [-0.05, 0) is 24.9 Å². The maximum Gasteiger partial charge on any atom is 0.0945 e. The van der Waals surface area contributed by atoms with Crippen LogP contribution in [0.1, 0.15) is 18.4 Å². The summed E-state index contributed by atoms with van der Waals surface area (Å²) in [6, 6.07) is 10.5. The zero-order valence-corrected chi connectivity index (χ0v) is 11.9. The fourth-order valence-electron chi connectivity index (χ4n) is 2.00. The van der Waals surface area contributed by atoms with Crippen LogP contribution < -0.4 is 5.32 Å². The van der Waals surface area contributed by atoms with Gasteiger partial charge in [0.05, 0.1) is 6.33 Å². The molecule has 2 aromatic rings. The number of ether oxygens (including phenoxy) is 1. The Morgan fingerprint density at radius 2 is 1.95 bits per heavy atom. The molecule has 2 rings (SSSR count). The molecule has 0 fully saturated rings. The molecule has 0 aliphatic rings. The molecule has 0 aliphatic carbocycles. The van der Waals surface area contributed by atoms with Gasteiger partial charge in [-0.2, -0.15) is 0 Å². The molecule has 4 heteroatoms. The third-order valence-electron chi connectivity index (χ3n) is 3.08. The van der Waals surface area contributed by atoms with Gasteiger partial charge in [0.2, 0.25) is 0 Å². The van der Waals surface area contributed by atoms with Gasteiger partial charge in [-0.1, -0.05) is 30.3 Å². The predicted molar refractivity (Wildman–Crippen MR) is 80.4 cm³/mol. The summed E-state index contributed by atoms with van der Waals surface area (Å²) in [5, 5.41) is 3.42. The van der Waals surface area contributed by atoms with Crippen molar-refractivity contribution in [2.24, 2.45) is 0 Å². The van der Waals surface area contributed by atoms with Gasteiger partial charge < -0.3 is 14.6 Å². The molecule has 1 heterocycles. The van der Waals surface area contributed by atoms with E-state index in [-0.39, 0.29) is 0 Å². The van der Waals surface area contributed by atoms with Crippen LogP contribution in [0, 0.1) is 0 Å². The molecule has 108 valence electrons. The monoisotopic (exact) mass is 273 g/mol. The highest BCUT2D eigenvalue weighted by atomic mass is 16.5. The van der Waals surface area contributed by atoms with Crippen LogP contribution in [0.5, 0.6) is 0 Å². The Morgan fingerprint density at radius 1 is 1.10 bits per heavy atom. The zero-order chi connectivity index (χ0) is 13.9. The molecule has 0 saturated heterocycles. The largest absolute Gasteiger partial charge is 0.381 e. The van der Waals surface area contributed by atoms with E-state index < -0.39 is 0 Å². The molecule has 1 N–H and O–H groups in total. The third kappa shape index (κ3) is 5.99. The van der Waals surface area contributed by atoms with Crippen molar-refractivity contribution in [3.8, 4) is 0 Å². The maximum absolute atomic E-state index is 5.61. The predicted octanol–water partition coefficient (Wildman–Crippen LogP) is 2.47. The zero-order valence-electron chi connectivity index (χ0n) is 11.9. The fraction of sp³-hybridized carbons (Fsp3) is 0.438. The molecule has 0 amide bonds. The summed E-state index contributed by atoms with van der Waals surface area (Å²) in [4.78, 5) is 4.01. The van der Waals surface area contributed by atoms with Crippen molar-refractivity contribution in [2.75, 3.05) is 19.8 Å². The number of aromatic nitrogens is 2. The number of rotatable bonds is 10. The Bertz CT molecular complexity index is 442. The lowest BCUT2D eigenvalue weighted by Gasteiger charge is -2.06. The molecular formula is C16H23N3O. The first-order valence-corrected chi connectivity index (χ1v) is 7.23. The molecular weight excluding hydrogens is 250 g/mol. The highest BCUT2D eigenvalue weighted by molar-refractivity contribution is 5.14. The summed E-state index contributed by atoms with van der Waals surface area (Å²) in [7, 11) is 0. The summed E-state index contributed by atoms with van der Waals surface area (Å²) in [5.74, 6) is 0. The maximum atomic E-state index is 5.61. The van der Waals surface area contributed by atoms with Gasteiger partial charge in [0.1, 0.15) is 0 Å². The van der Waals surface area contributed by atoms with Gasteiger partial charge in [-0.25, -0.2) is 4.98 Å². The average Bonchev–Trinajstić information content (AvgIpc) is 3.00. The molecule has 0 radical (unpaired) electrons. The Kier molecular flexibility index (Phi) is 6.85. The Balaban J connectivity index is 1.39. The van der Waals surface area contributed by atoms with Gasteiger partial charge in [-0.3, -0.25) is 0 Å². The summed E-state index contributed by atoms with van der Waals surface area (Å²) < 4.78 is 7.68. The lowest BCUT2D eigenvalue weighted by atomic mass is 10.2. The van der Waals surface area contributed by atoms with Crippen molar-refractivity contribution in [3.05, 3.63) is 54.6 Å². The number of imidazole rings is 1. The molecule has 0 aliphatic heterocycles. The summed E-state index contributed by atoms with van der Waals surface area (Å²) in [6.45, 7) is 4.55. The number of hydrogen-bond donors (Lipinski definition) is 1. The molecule has 0 atom stereocenters. The second kappa shape index (κ2) is 9.28. The topological polar surface area (TPSA) is 39.1 Å². The number of nitrogens with zero attached hydrogens (tertiary/aromatic N) is 2. The molecule has 0 spiro atoms. The third-order valence-corrected chi connectivity index (χ3v) is 3.08. The molecule has 4 nitrogen and oxygen atoms in total. The molecule has 0 unspecified atom stereocenters. The van der Waals surface area contributed by atoms with E-state index in [0.717, 1.165) is 45.7 Å². The van der Waals surface area contributed by atoms with Crippen LogP contribution in [-0.2, 0) is 17.8 Å². The van der Waals surface area contributed by atoms with Crippen LogP contribution in [0.4, 0.5) is 0 Å². The van der Waals surface area contributed by atoms with Crippen LogP contribution in [0.2, 0.25) is 0 Å². The fourth-order valence-corrected chi connectivity index (χ4v) is 2.00. The minimum atomic E-state index is 0.816. The second-order valence-corrected chi connectivity index (χ2v) is 4.78. The van der Waals surface area contributed by atoms with Crippen molar-refractivity contribution in [3.63, 3.8) is 0 Å². The van der Waals surface area contributed by atoms with E-state index in [1.807, 2.05) is 18.6 Å². The Labute approximate surface area is 120 Å². The van der Waals surface area contributed by atoms with Crippen molar-refractivity contribution < 1.29 is 4.74 Å². The van der Waals surface area contributed by atoms with Crippen molar-refractivity contribution >= 4 is 0 Å². The number of nitrogens with one attached hydrogen (secondary N) is 1. The smallest absolute Gasteiger partial charge is 0.0945 e. The number of benzene rings is 1. The first-order chi connectivity index (χ1) is 9.95. The van der Waals surface area contributed by atoms with Crippen molar-refractivity contribution in [1.29, 1.82) is 0 Å². The van der Waals surface area contributed by atoms with Crippen LogP contribution in [0.25, 0.3) is 0 Å². The van der Waals surface area contributed by atoms with Crippen molar-refractivity contribution in [1.82, 2.24) is 14.9 Å². The van der Waals surface area contributed by atoms with E-state index in [2.05, 4.69) is 39.1 Å². The summed E-state index contributed by atoms with van der Waals surface area (Å²) in [5.41, 5.74) is 1.33. The first kappa shape index (κ1) is 14.8. The molecule has 0 saturated carbocycles. The van der Waals surface area contributed by atoms with Crippen molar-refractivity contribution in [2.45, 2.75) is 25.9 Å². The van der Waals surface area contributed by atoms with E-state index in [1.165, 1.54) is 5.56 Å². The van der Waals surface area contributed by atoms with Gasteiger partial charge >= 0.3 is 0 Å². The summed E-state index contributed by atoms with van der Waals surface area (Å²) in [6.07, 6.45) is 7.71. The van der Waals surface area contributed by atoms with E-state index in [9.17, 15) is 0 Å². The standard InChI is InChI=1S/C16H23N3O/c1-2-6-16(7-3-1)14-17-8-4-12-20-13-5-10-19-11-9-18-15-19/h1-3,6-7,9,11,15,17H,4-5,8,10,12-14H2. The molecule has 0 bridgehead atoms. The van der Waals surface area contributed by atoms with E-state index >= 15 is 0 Å². The van der Waals surface area contributed by atoms with Gasteiger partial charge in [0.15, 0.2) is 0 Å². The Morgan fingerprint density at radius 3 is 2.75 bits per heavy atom. The molecule has 20 heavy (non-hydrogen) atoms. The van der Waals surface area contributed by atoms with Crippen LogP contribution >= 0.6 is 0 Å². The van der Waals surface area contributed by atoms with Gasteiger partial charge in [0, 0.05) is 38.7 Å². The van der Waals surface area contributed by atoms with Gasteiger partial charge in [0.25, 0.3) is 0 Å². The lowest BCUT2D eigenvalue weighted by molar-refractivity contribution is 0.126. The Hall–Kier alpha value is -1.65. The first-order valence-electron chi connectivity index (χ1n) is 7.23. The van der Waals surface area contributed by atoms with Gasteiger partial charge in [-0.15, -0.1) is 0 Å². The number of aryl methyl sites for hydroxylation is 1. The van der Waals surface area contributed by atoms with E-state index in [1.54, 1.807) is 6.20 Å². The van der Waals surface area contributed by atoms with E-state index in [0.29, 0.717) is 0 Å². The minimum absolute atomic E-state index is 0.816. The number of hydrogen-bond acceptors (Lipinski definition) is 3. The van der Waals surface area contributed by atoms with Crippen LogP contribution in [0.15, 0.2) is 49.1 Å². The van der Waals surface area contributed by atoms with E-state index in [4.69, 9.17) is 4.74 Å². The SMILES string of the molecule is c1ccc(CNCCCOCCCn2ccnc2)cc1.